The number of halogens is 12. The fourth-order valence-electron chi connectivity index (χ4n) is 5.73. The van der Waals surface area contributed by atoms with Crippen LogP contribution in [-0.4, -0.2) is 6.18 Å². The Kier molecular flexibility index (Phi) is 8.66. The van der Waals surface area contributed by atoms with E-state index in [9.17, 15) is 73.7 Å². The molecule has 0 N–H and O–H groups in total. The number of fused-ring (bicyclic) bond motifs is 3. The molecule has 16 heteroatoms. The van der Waals surface area contributed by atoms with E-state index in [-0.39, 0.29) is 45.5 Å². The van der Waals surface area contributed by atoms with E-state index in [1.165, 1.54) is 0 Å². The predicted octanol–water partition coefficient (Wildman–Crippen LogP) is 10.8. The number of hydrogen-bond acceptors (Lipinski definition) is 4. The summed E-state index contributed by atoms with van der Waals surface area (Å²) in [4.78, 5) is 0. The van der Waals surface area contributed by atoms with Crippen LogP contribution < -0.4 is 0 Å². The van der Waals surface area contributed by atoms with Gasteiger partial charge >= 0.3 is 24.7 Å². The lowest BCUT2D eigenvalue weighted by molar-refractivity contribution is -0.143. The molecule has 0 aromatic heterocycles. The van der Waals surface area contributed by atoms with Gasteiger partial charge in [-0.2, -0.15) is 73.7 Å². The molecule has 1 aliphatic rings. The number of allylic oxidation sites excluding steroid dienone is 1. The summed E-state index contributed by atoms with van der Waals surface area (Å²) in [5.41, 5.74) is -10.0. The Morgan fingerprint density at radius 2 is 0.843 bits per heavy atom. The molecule has 0 unspecified atom stereocenters. The number of rotatable bonds is 3. The van der Waals surface area contributed by atoms with Crippen molar-refractivity contribution < 1.29 is 52.7 Å². The van der Waals surface area contributed by atoms with E-state index in [4.69, 9.17) is 0 Å². The molecular weight excluding hydrogens is 704 g/mol. The molecule has 0 fully saturated rings. The average Bonchev–Trinajstić information content (AvgIpc) is 3.33. The van der Waals surface area contributed by atoms with Crippen molar-refractivity contribution in [3.8, 4) is 57.7 Å². The van der Waals surface area contributed by atoms with Gasteiger partial charge in [0.2, 0.25) is 0 Å². The second-order valence-corrected chi connectivity index (χ2v) is 11.1. The van der Waals surface area contributed by atoms with Crippen LogP contribution in [0.25, 0.3) is 39.0 Å². The van der Waals surface area contributed by atoms with Crippen LogP contribution in [0.4, 0.5) is 52.7 Å². The minimum absolute atomic E-state index is 0.105. The van der Waals surface area contributed by atoms with Crippen molar-refractivity contribution in [1.29, 1.82) is 21.0 Å². The first-order chi connectivity index (χ1) is 23.6. The summed E-state index contributed by atoms with van der Waals surface area (Å²) >= 11 is 0. The van der Waals surface area contributed by atoms with Crippen LogP contribution in [0, 0.1) is 45.3 Å². The third kappa shape index (κ3) is 6.95. The molecule has 4 nitrogen and oxygen atoms in total. The Bertz CT molecular complexity index is 2280. The third-order valence-electron chi connectivity index (χ3n) is 7.79. The lowest BCUT2D eigenvalue weighted by atomic mass is 9.90. The third-order valence-corrected chi connectivity index (χ3v) is 7.79. The molecule has 0 bridgehead atoms. The predicted molar refractivity (Wildman–Crippen MR) is 154 cm³/mol. The summed E-state index contributed by atoms with van der Waals surface area (Å²) in [6.07, 6.45) is -22.4. The van der Waals surface area contributed by atoms with Crippen LogP contribution >= 0.6 is 0 Å². The Hall–Kier alpha value is -6.26. The molecule has 4 aromatic rings. The van der Waals surface area contributed by atoms with E-state index < -0.39 is 86.8 Å². The monoisotopic (exact) mass is 716 g/mol. The van der Waals surface area contributed by atoms with Gasteiger partial charge in [0, 0.05) is 16.7 Å². The number of nitrogens with zero attached hydrogens (tertiary/aromatic N) is 4. The zero-order chi connectivity index (χ0) is 37.8. The average molecular weight is 716 g/mol. The van der Waals surface area contributed by atoms with Crippen molar-refractivity contribution in [2.24, 2.45) is 0 Å². The molecule has 0 atom stereocenters. The van der Waals surface area contributed by atoms with Crippen molar-refractivity contribution in [3.05, 3.63) is 111 Å². The van der Waals surface area contributed by atoms with E-state index in [2.05, 4.69) is 0 Å². The van der Waals surface area contributed by atoms with Gasteiger partial charge in [0.1, 0.15) is 17.7 Å². The van der Waals surface area contributed by atoms with Crippen molar-refractivity contribution in [1.82, 2.24) is 0 Å². The molecule has 0 saturated carbocycles. The van der Waals surface area contributed by atoms with Crippen LogP contribution in [0.5, 0.6) is 0 Å². The van der Waals surface area contributed by atoms with Gasteiger partial charge in [-0.1, -0.05) is 6.07 Å². The number of nitriles is 4. The van der Waals surface area contributed by atoms with E-state index in [1.54, 1.807) is 24.3 Å². The summed E-state index contributed by atoms with van der Waals surface area (Å²) in [5, 5.41) is 39.4. The van der Waals surface area contributed by atoms with E-state index in [0.717, 1.165) is 30.3 Å². The Labute approximate surface area is 278 Å². The van der Waals surface area contributed by atoms with Crippen molar-refractivity contribution in [3.63, 3.8) is 0 Å². The van der Waals surface area contributed by atoms with Crippen LogP contribution in [0.15, 0.2) is 66.2 Å². The fourth-order valence-corrected chi connectivity index (χ4v) is 5.73. The summed E-state index contributed by atoms with van der Waals surface area (Å²) in [6.45, 7) is 0. The topological polar surface area (TPSA) is 95.2 Å². The van der Waals surface area contributed by atoms with Gasteiger partial charge in [-0.25, -0.2) is 0 Å². The van der Waals surface area contributed by atoms with Gasteiger partial charge in [0.15, 0.2) is 0 Å². The first kappa shape index (κ1) is 36.0. The van der Waals surface area contributed by atoms with Gasteiger partial charge in [-0.3, -0.25) is 0 Å². The standard InChI is InChI=1S/C35H12F12N4/c36-32(37,38)11-16-1-17(3-22(2-16)33(39,40)41)25-9-27-28-10-26(18-4-23(34(42,43)44)8-24(5-18)35(45,46)47)20(13-49)7-30(28)31(21(14-50)15-51)29(27)6-19(25)12-48/h1-10H,11H2. The van der Waals surface area contributed by atoms with E-state index in [1.807, 2.05) is 0 Å². The molecule has 0 saturated heterocycles. The van der Waals surface area contributed by atoms with Crippen LogP contribution in [0.2, 0.25) is 0 Å². The second-order valence-electron chi connectivity index (χ2n) is 11.1. The molecule has 1 aliphatic carbocycles. The molecular formula is C35H12F12N4. The summed E-state index contributed by atoms with van der Waals surface area (Å²) in [7, 11) is 0. The lowest BCUT2D eigenvalue weighted by Gasteiger charge is -2.16. The zero-order valence-electron chi connectivity index (χ0n) is 24.8. The maximum atomic E-state index is 13.8. The molecule has 0 spiro atoms. The zero-order valence-corrected chi connectivity index (χ0v) is 24.8. The number of alkyl halides is 12. The highest BCUT2D eigenvalue weighted by atomic mass is 19.4. The minimum atomic E-state index is -5.27. The maximum absolute atomic E-state index is 13.8. The fraction of sp³-hybridized carbons (Fsp3) is 0.143. The molecule has 256 valence electrons. The van der Waals surface area contributed by atoms with Crippen molar-refractivity contribution in [2.75, 3.05) is 0 Å². The number of hydrogen-bond donors (Lipinski definition) is 0. The minimum Gasteiger partial charge on any atom is -0.192 e. The normalized spacial score (nSPS) is 12.7. The lowest BCUT2D eigenvalue weighted by Crippen LogP contribution is -2.13. The molecule has 4 aromatic carbocycles. The Balaban J connectivity index is 1.88. The summed E-state index contributed by atoms with van der Waals surface area (Å²) in [5.74, 6) is 0. The highest BCUT2D eigenvalue weighted by Crippen LogP contribution is 2.51. The SMILES string of the molecule is N#CC(C#N)=C1c2cc(C#N)c(-c3cc(CC(F)(F)F)cc(C(F)(F)F)c3)cc2-c2cc(-c3cc(C(F)(F)F)cc(C(F)(F)F)c3)c(C#N)cc21. The van der Waals surface area contributed by atoms with Gasteiger partial charge in [-0.05, 0) is 93.5 Å². The van der Waals surface area contributed by atoms with Gasteiger partial charge in [-0.15, -0.1) is 0 Å². The first-order valence-electron chi connectivity index (χ1n) is 13.9. The Morgan fingerprint density at radius 1 is 0.451 bits per heavy atom. The van der Waals surface area contributed by atoms with Crippen molar-refractivity contribution in [2.45, 2.75) is 31.1 Å². The van der Waals surface area contributed by atoms with E-state index in [0.29, 0.717) is 18.2 Å². The molecule has 51 heavy (non-hydrogen) atoms. The van der Waals surface area contributed by atoms with Crippen LogP contribution in [0.3, 0.4) is 0 Å². The molecule has 0 radical (unpaired) electrons. The van der Waals surface area contributed by atoms with Gasteiger partial charge in [0.05, 0.1) is 46.4 Å². The summed E-state index contributed by atoms with van der Waals surface area (Å²) < 4.78 is 163. The first-order valence-corrected chi connectivity index (χ1v) is 13.9. The smallest absolute Gasteiger partial charge is 0.192 e. The highest BCUT2D eigenvalue weighted by Gasteiger charge is 2.38. The second kappa shape index (κ2) is 12.3. The number of benzene rings is 4. The van der Waals surface area contributed by atoms with Gasteiger partial charge < -0.3 is 0 Å². The van der Waals surface area contributed by atoms with E-state index >= 15 is 0 Å². The van der Waals surface area contributed by atoms with Crippen molar-refractivity contribution >= 4 is 5.57 Å². The summed E-state index contributed by atoms with van der Waals surface area (Å²) in [6, 6.07) is 12.7. The highest BCUT2D eigenvalue weighted by molar-refractivity contribution is 6.07. The van der Waals surface area contributed by atoms with Gasteiger partial charge in [0.25, 0.3) is 0 Å². The maximum Gasteiger partial charge on any atom is 0.416 e. The Morgan fingerprint density at radius 3 is 1.20 bits per heavy atom. The molecule has 0 heterocycles. The quantitative estimate of drug-likeness (QED) is 0.137. The van der Waals surface area contributed by atoms with Crippen LogP contribution in [-0.2, 0) is 24.9 Å². The molecule has 0 aliphatic heterocycles. The molecule has 0 amide bonds. The largest absolute Gasteiger partial charge is 0.416 e. The molecule has 5 rings (SSSR count). The van der Waals surface area contributed by atoms with Crippen LogP contribution in [0.1, 0.15) is 44.5 Å².